The van der Waals surface area contributed by atoms with Gasteiger partial charge in [-0.05, 0) is 59.5 Å². The number of hydrogen-bond donors (Lipinski definition) is 3. The van der Waals surface area contributed by atoms with Crippen molar-refractivity contribution in [2.75, 3.05) is 30.8 Å². The van der Waals surface area contributed by atoms with Crippen molar-refractivity contribution in [3.05, 3.63) is 126 Å². The first-order chi connectivity index (χ1) is 21.3. The van der Waals surface area contributed by atoms with E-state index in [1.165, 1.54) is 0 Å². The number of nitrogens with one attached hydrogen (secondary N) is 1. The van der Waals surface area contributed by atoms with Gasteiger partial charge >= 0.3 is 0 Å². The van der Waals surface area contributed by atoms with Gasteiger partial charge in [-0.2, -0.15) is 0 Å². The number of fused-ring (bicyclic) bond motifs is 1. The molecule has 1 unspecified atom stereocenters. The van der Waals surface area contributed by atoms with E-state index < -0.39 is 16.1 Å². The number of sulfonamides is 1. The highest BCUT2D eigenvalue weighted by atomic mass is 32.2. The van der Waals surface area contributed by atoms with Crippen molar-refractivity contribution < 1.29 is 28.1 Å². The topological polar surface area (TPSA) is 121 Å². The lowest BCUT2D eigenvalue weighted by Gasteiger charge is -2.24. The molecular weight excluding hydrogens is 578 g/mol. The molecule has 4 aromatic carbocycles. The van der Waals surface area contributed by atoms with Crippen LogP contribution in [0, 0.1) is 0 Å². The van der Waals surface area contributed by atoms with E-state index in [0.717, 1.165) is 28.3 Å². The number of anilines is 1. The van der Waals surface area contributed by atoms with Crippen LogP contribution in [-0.2, 0) is 23.1 Å². The molecule has 10 heteroatoms. The van der Waals surface area contributed by atoms with Crippen LogP contribution in [0.2, 0.25) is 0 Å². The molecule has 5 aromatic rings. The maximum absolute atomic E-state index is 12.0. The van der Waals surface area contributed by atoms with Gasteiger partial charge in [-0.3, -0.25) is 9.62 Å². The van der Waals surface area contributed by atoms with Crippen molar-refractivity contribution in [3.63, 3.8) is 0 Å². The molecular formula is C34H35N3O6S. The Hall–Kier alpha value is -4.48. The third-order valence-corrected chi connectivity index (χ3v) is 7.58. The van der Waals surface area contributed by atoms with E-state index in [9.17, 15) is 18.6 Å². The van der Waals surface area contributed by atoms with E-state index in [1.54, 1.807) is 23.1 Å². The number of rotatable bonds is 14. The molecule has 0 aliphatic rings. The van der Waals surface area contributed by atoms with Gasteiger partial charge in [0.2, 0.25) is 15.9 Å². The summed E-state index contributed by atoms with van der Waals surface area (Å²) in [5.41, 5.74) is 3.56. The molecule has 0 saturated carbocycles. The number of aliphatic hydroxyl groups is 2. The third kappa shape index (κ3) is 8.77. The summed E-state index contributed by atoms with van der Waals surface area (Å²) in [7, 11) is -3.60. The lowest BCUT2D eigenvalue weighted by molar-refractivity contribution is 0.0525. The molecule has 0 saturated heterocycles. The highest BCUT2D eigenvalue weighted by Crippen LogP contribution is 2.30. The van der Waals surface area contributed by atoms with Crippen molar-refractivity contribution in [2.24, 2.45) is 0 Å². The standard InChI is InChI=1S/C34H35N3O6S/c1-44(40,41)36-31-21-28(13-17-33(31)42-23-26-7-3-2-4-8-26)32(39)22-37(24-38)20-19-25-11-15-29(16-12-25)43-34-18-14-27-9-5-6-10-30(27)35-34/h2-18,21,32,36,38-39H,19-20,22-24H2,1H3. The van der Waals surface area contributed by atoms with E-state index in [4.69, 9.17) is 9.47 Å². The molecule has 0 aliphatic carbocycles. The average molecular weight is 614 g/mol. The summed E-state index contributed by atoms with van der Waals surface area (Å²) in [6.07, 6.45) is 0.717. The van der Waals surface area contributed by atoms with Gasteiger partial charge in [-0.1, -0.05) is 66.7 Å². The zero-order chi connectivity index (χ0) is 30.9. The first kappa shape index (κ1) is 31.0. The molecule has 1 aromatic heterocycles. The van der Waals surface area contributed by atoms with Crippen molar-refractivity contribution >= 4 is 26.6 Å². The monoisotopic (exact) mass is 613 g/mol. The van der Waals surface area contributed by atoms with Crippen LogP contribution in [0.25, 0.3) is 10.9 Å². The Kier molecular flexibility index (Phi) is 10.1. The van der Waals surface area contributed by atoms with Gasteiger partial charge in [0, 0.05) is 24.5 Å². The van der Waals surface area contributed by atoms with Crippen LogP contribution in [0.3, 0.4) is 0 Å². The number of nitrogens with zero attached hydrogens (tertiary/aromatic N) is 2. The van der Waals surface area contributed by atoms with Gasteiger partial charge in [-0.25, -0.2) is 13.4 Å². The molecule has 0 bridgehead atoms. The summed E-state index contributed by atoms with van der Waals surface area (Å²) in [4.78, 5) is 6.26. The number of para-hydroxylation sites is 1. The molecule has 0 aliphatic heterocycles. The Bertz CT molecular complexity index is 1780. The predicted molar refractivity (Wildman–Crippen MR) is 171 cm³/mol. The Morgan fingerprint density at radius 3 is 2.39 bits per heavy atom. The number of aromatic nitrogens is 1. The third-order valence-electron chi connectivity index (χ3n) is 6.99. The number of hydrogen-bond acceptors (Lipinski definition) is 8. The van der Waals surface area contributed by atoms with Crippen LogP contribution in [0.15, 0.2) is 109 Å². The highest BCUT2D eigenvalue weighted by Gasteiger charge is 2.17. The average Bonchev–Trinajstić information content (AvgIpc) is 3.02. The van der Waals surface area contributed by atoms with Crippen molar-refractivity contribution in [1.82, 2.24) is 9.88 Å². The molecule has 3 N–H and O–H groups in total. The van der Waals surface area contributed by atoms with E-state index in [0.29, 0.717) is 35.9 Å². The number of benzene rings is 4. The smallest absolute Gasteiger partial charge is 0.229 e. The second-order valence-electron chi connectivity index (χ2n) is 10.5. The molecule has 5 rings (SSSR count). The summed E-state index contributed by atoms with van der Waals surface area (Å²) in [5, 5.41) is 22.0. The van der Waals surface area contributed by atoms with E-state index in [1.807, 2.05) is 91.0 Å². The van der Waals surface area contributed by atoms with Gasteiger partial charge in [0.1, 0.15) is 18.1 Å². The van der Waals surface area contributed by atoms with Gasteiger partial charge < -0.3 is 19.7 Å². The Morgan fingerprint density at radius 2 is 1.64 bits per heavy atom. The number of pyridine rings is 1. The zero-order valence-electron chi connectivity index (χ0n) is 24.3. The minimum atomic E-state index is -3.60. The Labute approximate surface area is 257 Å². The molecule has 0 radical (unpaired) electrons. The van der Waals surface area contributed by atoms with Crippen molar-refractivity contribution in [2.45, 2.75) is 19.1 Å². The molecule has 1 heterocycles. The largest absolute Gasteiger partial charge is 0.487 e. The maximum atomic E-state index is 12.0. The summed E-state index contributed by atoms with van der Waals surface area (Å²) in [6, 6.07) is 33.8. The van der Waals surface area contributed by atoms with Gasteiger partial charge in [0.15, 0.2) is 0 Å². The fraction of sp³-hybridized carbons (Fsp3) is 0.206. The molecule has 9 nitrogen and oxygen atoms in total. The van der Waals surface area contributed by atoms with Gasteiger partial charge in [-0.15, -0.1) is 0 Å². The molecule has 44 heavy (non-hydrogen) atoms. The van der Waals surface area contributed by atoms with Crippen molar-refractivity contribution in [3.8, 4) is 17.4 Å². The molecule has 0 fully saturated rings. The van der Waals surface area contributed by atoms with E-state index in [2.05, 4.69) is 9.71 Å². The van der Waals surface area contributed by atoms with Crippen molar-refractivity contribution in [1.29, 1.82) is 0 Å². The second-order valence-corrected chi connectivity index (χ2v) is 12.2. The number of ether oxygens (including phenoxy) is 2. The number of aliphatic hydroxyl groups excluding tert-OH is 2. The maximum Gasteiger partial charge on any atom is 0.229 e. The van der Waals surface area contributed by atoms with E-state index in [-0.39, 0.29) is 25.6 Å². The predicted octanol–water partition coefficient (Wildman–Crippen LogP) is 5.51. The fourth-order valence-corrected chi connectivity index (χ4v) is 5.26. The van der Waals surface area contributed by atoms with Crippen LogP contribution in [0.5, 0.6) is 17.4 Å². The molecule has 0 spiro atoms. The highest BCUT2D eigenvalue weighted by molar-refractivity contribution is 7.92. The summed E-state index contributed by atoms with van der Waals surface area (Å²) in [5.74, 6) is 1.53. The molecule has 1 atom stereocenters. The Morgan fingerprint density at radius 1 is 0.886 bits per heavy atom. The first-order valence-electron chi connectivity index (χ1n) is 14.2. The van der Waals surface area contributed by atoms with Crippen LogP contribution >= 0.6 is 0 Å². The zero-order valence-corrected chi connectivity index (χ0v) is 25.2. The summed E-state index contributed by atoms with van der Waals surface area (Å²) < 4.78 is 38.4. The lowest BCUT2D eigenvalue weighted by atomic mass is 10.1. The SMILES string of the molecule is CS(=O)(=O)Nc1cc(C(O)CN(CO)CCc2ccc(Oc3ccc4ccccc4n3)cc2)ccc1OCc1ccccc1. The molecule has 228 valence electrons. The fourth-order valence-electron chi connectivity index (χ4n) is 4.70. The van der Waals surface area contributed by atoms with Crippen LogP contribution in [0.1, 0.15) is 22.8 Å². The minimum Gasteiger partial charge on any atom is -0.487 e. The normalized spacial score (nSPS) is 12.3. The molecule has 0 amide bonds. The quantitative estimate of drug-likeness (QED) is 0.140. The van der Waals surface area contributed by atoms with Crippen LogP contribution in [0.4, 0.5) is 5.69 Å². The minimum absolute atomic E-state index is 0.147. The van der Waals surface area contributed by atoms with E-state index >= 15 is 0 Å². The van der Waals surface area contributed by atoms with Crippen LogP contribution in [-0.4, -0.2) is 54.6 Å². The second kappa shape index (κ2) is 14.3. The lowest BCUT2D eigenvalue weighted by Crippen LogP contribution is -2.31. The first-order valence-corrected chi connectivity index (χ1v) is 16.1. The van der Waals surface area contributed by atoms with Gasteiger partial charge in [0.05, 0.1) is 30.3 Å². The summed E-state index contributed by atoms with van der Waals surface area (Å²) in [6.45, 7) is 0.645. The van der Waals surface area contributed by atoms with Gasteiger partial charge in [0.25, 0.3) is 0 Å². The summed E-state index contributed by atoms with van der Waals surface area (Å²) >= 11 is 0. The Balaban J connectivity index is 1.18. The van der Waals surface area contributed by atoms with Crippen LogP contribution < -0.4 is 14.2 Å².